The molecular formula is C31H53N2O2P. The molecule has 36 heavy (non-hydrogen) atoms. The van der Waals surface area contributed by atoms with E-state index >= 15 is 0 Å². The van der Waals surface area contributed by atoms with E-state index in [-0.39, 0.29) is 6.10 Å². The molecule has 1 unspecified atom stereocenters. The summed E-state index contributed by atoms with van der Waals surface area (Å²) in [5.74, 6) is 5.30. The van der Waals surface area contributed by atoms with E-state index in [0.29, 0.717) is 10.8 Å². The Bertz CT molecular complexity index is 894. The molecule has 2 heterocycles. The van der Waals surface area contributed by atoms with Crippen molar-refractivity contribution in [2.45, 2.75) is 111 Å². The molecular weight excluding hydrogens is 463 g/mol. The monoisotopic (exact) mass is 516 g/mol. The zero-order valence-corrected chi connectivity index (χ0v) is 24.8. The van der Waals surface area contributed by atoms with Gasteiger partial charge in [0.15, 0.2) is 0 Å². The third kappa shape index (κ3) is 4.43. The van der Waals surface area contributed by atoms with Crippen LogP contribution in [-0.4, -0.2) is 41.6 Å². The predicted octanol–water partition coefficient (Wildman–Crippen LogP) is 8.15. The minimum Gasteiger partial charge on any atom is -0.302 e. The number of fused-ring (bicyclic) bond motifs is 5. The van der Waals surface area contributed by atoms with Crippen LogP contribution in [-0.2, 0) is 9.09 Å². The van der Waals surface area contributed by atoms with Crippen molar-refractivity contribution in [1.82, 2.24) is 9.34 Å². The van der Waals surface area contributed by atoms with Gasteiger partial charge in [0.2, 0.25) is 0 Å². The van der Waals surface area contributed by atoms with Crippen LogP contribution in [0.5, 0.6) is 0 Å². The molecule has 6 rings (SSSR count). The van der Waals surface area contributed by atoms with Crippen LogP contribution < -0.4 is 0 Å². The maximum atomic E-state index is 13.6. The second-order valence-corrected chi connectivity index (χ2v) is 17.0. The Labute approximate surface area is 221 Å². The van der Waals surface area contributed by atoms with Gasteiger partial charge in [0, 0.05) is 26.2 Å². The van der Waals surface area contributed by atoms with Crippen LogP contribution in [0.3, 0.4) is 0 Å². The third-order valence-corrected chi connectivity index (χ3v) is 14.9. The Morgan fingerprint density at radius 3 is 2.36 bits per heavy atom. The van der Waals surface area contributed by atoms with Crippen LogP contribution in [0.2, 0.25) is 0 Å². The Hall–Kier alpha value is -0.150. The van der Waals surface area contributed by atoms with Gasteiger partial charge in [-0.1, -0.05) is 65.5 Å². The summed E-state index contributed by atoms with van der Waals surface area (Å²) in [6, 6.07) is 0. The quantitative estimate of drug-likeness (QED) is 0.176. The molecule has 0 spiro atoms. The summed E-state index contributed by atoms with van der Waals surface area (Å²) in [4.78, 5) is 0. The van der Waals surface area contributed by atoms with Crippen molar-refractivity contribution in [2.24, 2.45) is 46.3 Å². The van der Waals surface area contributed by atoms with Crippen molar-refractivity contribution in [3.63, 3.8) is 0 Å². The number of rotatable bonds is 9. The van der Waals surface area contributed by atoms with E-state index < -0.39 is 7.67 Å². The summed E-state index contributed by atoms with van der Waals surface area (Å²) in [5, 5.41) is 0. The van der Waals surface area contributed by atoms with Crippen molar-refractivity contribution >= 4 is 7.67 Å². The van der Waals surface area contributed by atoms with Crippen LogP contribution >= 0.6 is 7.67 Å². The minimum absolute atomic E-state index is 0.143. The van der Waals surface area contributed by atoms with Gasteiger partial charge in [-0.15, -0.1) is 0 Å². The van der Waals surface area contributed by atoms with E-state index in [4.69, 9.17) is 4.52 Å². The number of allylic oxidation sites excluding steroid dienone is 1. The van der Waals surface area contributed by atoms with E-state index in [9.17, 15) is 4.57 Å². The van der Waals surface area contributed by atoms with Gasteiger partial charge in [0.05, 0.1) is 6.10 Å². The molecule has 0 bridgehead atoms. The molecule has 3 saturated carbocycles. The summed E-state index contributed by atoms with van der Waals surface area (Å²) in [7, 11) is -2.72. The second kappa shape index (κ2) is 9.50. The van der Waals surface area contributed by atoms with Gasteiger partial charge >= 0.3 is 7.67 Å². The zero-order chi connectivity index (χ0) is 25.3. The molecule has 204 valence electrons. The Balaban J connectivity index is 1.14. The van der Waals surface area contributed by atoms with Crippen molar-refractivity contribution in [1.29, 1.82) is 0 Å². The van der Waals surface area contributed by atoms with Gasteiger partial charge in [-0.2, -0.15) is 0 Å². The van der Waals surface area contributed by atoms with Crippen LogP contribution in [0, 0.1) is 46.3 Å². The normalized spacial score (nSPS) is 43.5. The van der Waals surface area contributed by atoms with E-state index in [0.717, 1.165) is 74.5 Å². The first-order chi connectivity index (χ1) is 17.1. The minimum atomic E-state index is -2.72. The lowest BCUT2D eigenvalue weighted by atomic mass is 9.47. The first kappa shape index (κ1) is 26.1. The molecule has 2 aliphatic heterocycles. The standard InChI is InChI=1S/C31H53N2O2P/c1-22(2)7-6-8-23(3)27-11-12-28-26-10-9-24-21-25(35-36(34,32-17-18-32)33-19-20-33)13-15-30(24,4)29(26)14-16-31(27,28)5/h9,22-23,25-29H,6-8,10-21H2,1-5H3/t23-,25?,26+,27-,28+,29+,30+,31-/m1/s1. The van der Waals surface area contributed by atoms with E-state index in [1.807, 2.05) is 0 Å². The Morgan fingerprint density at radius 1 is 0.972 bits per heavy atom. The van der Waals surface area contributed by atoms with Crippen molar-refractivity contribution in [3.8, 4) is 0 Å². The maximum absolute atomic E-state index is 13.6. The number of hydrogen-bond acceptors (Lipinski definition) is 2. The first-order valence-corrected chi connectivity index (χ1v) is 17.2. The summed E-state index contributed by atoms with van der Waals surface area (Å²) in [6.07, 6.45) is 17.5. The predicted molar refractivity (Wildman–Crippen MR) is 149 cm³/mol. The average Bonchev–Trinajstić information content (AvgIpc) is 3.73. The highest BCUT2D eigenvalue weighted by Gasteiger charge is 2.59. The topological polar surface area (TPSA) is 32.3 Å². The highest BCUT2D eigenvalue weighted by molar-refractivity contribution is 7.54. The van der Waals surface area contributed by atoms with E-state index in [2.05, 4.69) is 50.0 Å². The highest BCUT2D eigenvalue weighted by Crippen LogP contribution is 2.68. The molecule has 4 nitrogen and oxygen atoms in total. The van der Waals surface area contributed by atoms with Gasteiger partial charge in [-0.3, -0.25) is 4.57 Å². The van der Waals surface area contributed by atoms with Crippen LogP contribution in [0.25, 0.3) is 0 Å². The first-order valence-electron chi connectivity index (χ1n) is 15.6. The molecule has 0 N–H and O–H groups in total. The lowest BCUT2D eigenvalue weighted by molar-refractivity contribution is -0.0562. The molecule has 4 aliphatic carbocycles. The van der Waals surface area contributed by atoms with Crippen molar-refractivity contribution in [3.05, 3.63) is 11.6 Å². The van der Waals surface area contributed by atoms with Crippen molar-refractivity contribution in [2.75, 3.05) is 26.2 Å². The highest BCUT2D eigenvalue weighted by atomic mass is 31.2. The second-order valence-electron chi connectivity index (χ2n) is 14.7. The number of hydrogen-bond donors (Lipinski definition) is 0. The molecule has 0 radical (unpaired) electrons. The fourth-order valence-electron chi connectivity index (χ4n) is 9.84. The molecule has 2 saturated heterocycles. The summed E-state index contributed by atoms with van der Waals surface area (Å²) in [5.41, 5.74) is 2.56. The lowest BCUT2D eigenvalue weighted by Gasteiger charge is -2.58. The van der Waals surface area contributed by atoms with Gasteiger partial charge in [0.25, 0.3) is 0 Å². The maximum Gasteiger partial charge on any atom is 0.346 e. The third-order valence-electron chi connectivity index (χ3n) is 12.1. The molecule has 8 atom stereocenters. The Kier molecular flexibility index (Phi) is 6.88. The number of nitrogens with zero attached hydrogens (tertiary/aromatic N) is 2. The SMILES string of the molecule is CC(C)CCC[C@@H](C)[C@H]1CC[C@H]2[C@@H]3CC=C4CC(OP(=O)(N5CC5)N5CC5)CC[C@]4(C)[C@H]3CC[C@]12C. The lowest BCUT2D eigenvalue weighted by Crippen LogP contribution is -2.51. The van der Waals surface area contributed by atoms with Gasteiger partial charge in [-0.25, -0.2) is 9.34 Å². The summed E-state index contributed by atoms with van der Waals surface area (Å²) >= 11 is 0. The van der Waals surface area contributed by atoms with Gasteiger partial charge in [-0.05, 0) is 97.7 Å². The van der Waals surface area contributed by atoms with Crippen LogP contribution in [0.15, 0.2) is 11.6 Å². The zero-order valence-electron chi connectivity index (χ0n) is 23.9. The van der Waals surface area contributed by atoms with Crippen LogP contribution in [0.1, 0.15) is 105 Å². The largest absolute Gasteiger partial charge is 0.346 e. The molecule has 5 fully saturated rings. The van der Waals surface area contributed by atoms with E-state index in [1.165, 1.54) is 57.8 Å². The van der Waals surface area contributed by atoms with Gasteiger partial charge in [0.1, 0.15) is 0 Å². The smallest absolute Gasteiger partial charge is 0.302 e. The van der Waals surface area contributed by atoms with E-state index in [1.54, 1.807) is 5.57 Å². The van der Waals surface area contributed by atoms with Crippen LogP contribution in [0.4, 0.5) is 0 Å². The molecule has 0 amide bonds. The average molecular weight is 517 g/mol. The molecule has 5 heteroatoms. The fourth-order valence-corrected chi connectivity index (χ4v) is 12.2. The molecule has 0 aromatic rings. The fraction of sp³-hybridized carbons (Fsp3) is 0.935. The molecule has 0 aromatic carbocycles. The molecule has 0 aromatic heterocycles. The summed E-state index contributed by atoms with van der Waals surface area (Å²) < 4.78 is 24.3. The van der Waals surface area contributed by atoms with Crippen molar-refractivity contribution < 1.29 is 9.09 Å². The Morgan fingerprint density at radius 2 is 1.69 bits per heavy atom. The van der Waals surface area contributed by atoms with Gasteiger partial charge < -0.3 is 4.52 Å². The summed E-state index contributed by atoms with van der Waals surface area (Å²) in [6.45, 7) is 16.4. The molecule has 6 aliphatic rings.